The first kappa shape index (κ1) is 23.9. The molecule has 172 valence electrons. The number of aliphatic carboxylic acids is 1. The Morgan fingerprint density at radius 2 is 1.48 bits per heavy atom. The average molecular weight is 448 g/mol. The van der Waals surface area contributed by atoms with E-state index in [-0.39, 0.29) is 13.0 Å². The second kappa shape index (κ2) is 11.2. The fourth-order valence-electron chi connectivity index (χ4n) is 3.39. The first-order valence-corrected chi connectivity index (χ1v) is 10.7. The van der Waals surface area contributed by atoms with Crippen molar-refractivity contribution in [2.75, 3.05) is 13.7 Å². The summed E-state index contributed by atoms with van der Waals surface area (Å²) in [4.78, 5) is 16.0. The van der Waals surface area contributed by atoms with E-state index in [9.17, 15) is 4.79 Å². The molecule has 0 heterocycles. The summed E-state index contributed by atoms with van der Waals surface area (Å²) in [6.07, 6.45) is 0.0752. The molecule has 0 radical (unpaired) electrons. The number of rotatable bonds is 11. The van der Waals surface area contributed by atoms with Crippen LogP contribution in [-0.2, 0) is 21.7 Å². The molecule has 0 aromatic heterocycles. The summed E-state index contributed by atoms with van der Waals surface area (Å²) in [5.74, 6) is 0.645. The normalized spacial score (nSPS) is 11.7. The van der Waals surface area contributed by atoms with Gasteiger partial charge in [0.05, 0.1) is 6.42 Å². The largest absolute Gasteiger partial charge is 0.489 e. The molecule has 6 nitrogen and oxygen atoms in total. The topological polar surface area (TPSA) is 77.3 Å². The Morgan fingerprint density at radius 3 is 2.09 bits per heavy atom. The van der Waals surface area contributed by atoms with Gasteiger partial charge in [-0.15, -0.1) is 0 Å². The van der Waals surface area contributed by atoms with E-state index in [1.807, 2.05) is 92.7 Å². The van der Waals surface area contributed by atoms with Gasteiger partial charge in [0.1, 0.15) is 37.5 Å². The minimum atomic E-state index is -0.810. The Hall–Kier alpha value is -3.80. The van der Waals surface area contributed by atoms with Gasteiger partial charge in [-0.3, -0.25) is 4.79 Å². The maximum absolute atomic E-state index is 11.1. The van der Waals surface area contributed by atoms with Crippen molar-refractivity contribution in [3.05, 3.63) is 95.6 Å². The molecule has 0 bridgehead atoms. The lowest BCUT2D eigenvalue weighted by molar-refractivity contribution is -0.138. The third kappa shape index (κ3) is 7.10. The van der Waals surface area contributed by atoms with E-state index in [1.165, 1.54) is 7.11 Å². The molecule has 33 heavy (non-hydrogen) atoms. The Kier molecular flexibility index (Phi) is 8.08. The lowest BCUT2D eigenvalue weighted by Crippen LogP contribution is -2.21. The highest BCUT2D eigenvalue weighted by Crippen LogP contribution is 2.28. The van der Waals surface area contributed by atoms with Gasteiger partial charge in [-0.1, -0.05) is 73.6 Å². The van der Waals surface area contributed by atoms with Crippen molar-refractivity contribution in [1.82, 2.24) is 0 Å². The summed E-state index contributed by atoms with van der Waals surface area (Å²) >= 11 is 0. The molecule has 0 atom stereocenters. The van der Waals surface area contributed by atoms with Crippen molar-refractivity contribution in [3.8, 4) is 11.5 Å². The molecule has 3 rings (SSSR count). The number of benzene rings is 3. The molecule has 0 aliphatic heterocycles. The number of carboxylic acid groups (broad SMARTS) is 1. The molecule has 0 amide bonds. The monoisotopic (exact) mass is 447 g/mol. The maximum Gasteiger partial charge on any atom is 0.304 e. The predicted molar refractivity (Wildman–Crippen MR) is 128 cm³/mol. The highest BCUT2D eigenvalue weighted by molar-refractivity contribution is 6.01. The number of hydrogen-bond donors (Lipinski definition) is 1. The molecule has 3 aromatic rings. The van der Waals surface area contributed by atoms with Gasteiger partial charge in [0.2, 0.25) is 0 Å². The van der Waals surface area contributed by atoms with Crippen LogP contribution in [0.25, 0.3) is 0 Å². The highest BCUT2D eigenvalue weighted by Gasteiger charge is 2.23. The zero-order valence-electron chi connectivity index (χ0n) is 19.2. The van der Waals surface area contributed by atoms with E-state index in [2.05, 4.69) is 5.16 Å². The Balaban J connectivity index is 1.53. The number of carboxylic acids is 1. The number of oxime groups is 1. The Labute approximate surface area is 194 Å². The minimum absolute atomic E-state index is 0.0752. The fraction of sp³-hybridized carbons (Fsp3) is 0.259. The van der Waals surface area contributed by atoms with Crippen LogP contribution in [0, 0.1) is 0 Å². The van der Waals surface area contributed by atoms with Crippen LogP contribution in [-0.4, -0.2) is 30.5 Å². The molecular formula is C27H29NO5. The van der Waals surface area contributed by atoms with Crippen molar-refractivity contribution < 1.29 is 24.2 Å². The van der Waals surface area contributed by atoms with Crippen LogP contribution in [0.15, 0.2) is 84.0 Å². The van der Waals surface area contributed by atoms with Gasteiger partial charge in [0.15, 0.2) is 0 Å². The second-order valence-electron chi connectivity index (χ2n) is 8.29. The van der Waals surface area contributed by atoms with Gasteiger partial charge in [-0.05, 0) is 35.4 Å². The van der Waals surface area contributed by atoms with E-state index < -0.39 is 11.4 Å². The number of carbonyl (C=O) groups is 1. The van der Waals surface area contributed by atoms with Gasteiger partial charge in [0.25, 0.3) is 0 Å². The van der Waals surface area contributed by atoms with Crippen LogP contribution in [0.5, 0.6) is 11.5 Å². The molecule has 0 fully saturated rings. The quantitative estimate of drug-likeness (QED) is 0.313. The van der Waals surface area contributed by atoms with Crippen LogP contribution in [0.1, 0.15) is 37.0 Å². The maximum atomic E-state index is 11.1. The second-order valence-corrected chi connectivity index (χ2v) is 8.29. The van der Waals surface area contributed by atoms with Crippen molar-refractivity contribution in [1.29, 1.82) is 0 Å². The smallest absolute Gasteiger partial charge is 0.304 e. The van der Waals surface area contributed by atoms with Crippen molar-refractivity contribution in [3.63, 3.8) is 0 Å². The minimum Gasteiger partial charge on any atom is -0.489 e. The molecule has 1 N–H and O–H groups in total. The third-order valence-corrected chi connectivity index (χ3v) is 5.24. The SMILES string of the molecule is CO/N=C(\COc1ccc(COc2ccc(C(C)(C)CC(=O)O)cc2)cc1)c1ccccc1. The van der Waals surface area contributed by atoms with Crippen LogP contribution < -0.4 is 9.47 Å². The van der Waals surface area contributed by atoms with E-state index in [0.29, 0.717) is 12.3 Å². The predicted octanol–water partition coefficient (Wildman–Crippen LogP) is 5.45. The fourth-order valence-corrected chi connectivity index (χ4v) is 3.39. The summed E-state index contributed by atoms with van der Waals surface area (Å²) in [6, 6.07) is 25.0. The Morgan fingerprint density at radius 1 is 0.879 bits per heavy atom. The van der Waals surface area contributed by atoms with Crippen LogP contribution in [0.2, 0.25) is 0 Å². The van der Waals surface area contributed by atoms with Gasteiger partial charge in [-0.25, -0.2) is 0 Å². The molecule has 0 saturated heterocycles. The summed E-state index contributed by atoms with van der Waals surface area (Å²) in [5.41, 5.74) is 3.19. The van der Waals surface area contributed by atoms with Crippen LogP contribution in [0.4, 0.5) is 0 Å². The molecule has 3 aromatic carbocycles. The summed E-state index contributed by atoms with van der Waals surface area (Å²) < 4.78 is 11.7. The van der Waals surface area contributed by atoms with Gasteiger partial charge >= 0.3 is 5.97 Å². The van der Waals surface area contributed by atoms with E-state index in [1.54, 1.807) is 0 Å². The molecule has 0 aliphatic carbocycles. The van der Waals surface area contributed by atoms with Gasteiger partial charge in [0, 0.05) is 11.0 Å². The molecule has 0 spiro atoms. The summed E-state index contributed by atoms with van der Waals surface area (Å²) in [7, 11) is 1.52. The molecule has 0 saturated carbocycles. The summed E-state index contributed by atoms with van der Waals surface area (Å²) in [5, 5.41) is 13.2. The molecule has 0 unspecified atom stereocenters. The highest BCUT2D eigenvalue weighted by atomic mass is 16.6. The molecular weight excluding hydrogens is 418 g/mol. The van der Waals surface area contributed by atoms with Crippen molar-refractivity contribution >= 4 is 11.7 Å². The number of nitrogens with zero attached hydrogens (tertiary/aromatic N) is 1. The molecule has 6 heteroatoms. The van der Waals surface area contributed by atoms with Crippen molar-refractivity contribution in [2.45, 2.75) is 32.3 Å². The lowest BCUT2D eigenvalue weighted by Gasteiger charge is -2.23. The van der Waals surface area contributed by atoms with Crippen molar-refractivity contribution in [2.24, 2.45) is 5.16 Å². The standard InChI is InChI=1S/C27H29NO5/c1-27(2,17-26(29)30)22-11-15-24(16-12-22)32-18-20-9-13-23(14-10-20)33-19-25(28-31-3)21-7-5-4-6-8-21/h4-16H,17-19H2,1-3H3,(H,29,30)/b28-25+. The van der Waals surface area contributed by atoms with Crippen LogP contribution >= 0.6 is 0 Å². The van der Waals surface area contributed by atoms with Crippen LogP contribution in [0.3, 0.4) is 0 Å². The first-order valence-electron chi connectivity index (χ1n) is 10.7. The average Bonchev–Trinajstić information content (AvgIpc) is 2.81. The number of hydrogen-bond acceptors (Lipinski definition) is 5. The van der Waals surface area contributed by atoms with E-state index in [4.69, 9.17) is 19.4 Å². The third-order valence-electron chi connectivity index (χ3n) is 5.24. The Bertz CT molecular complexity index is 1060. The lowest BCUT2D eigenvalue weighted by atomic mass is 9.82. The first-order chi connectivity index (χ1) is 15.9. The summed E-state index contributed by atoms with van der Waals surface area (Å²) in [6.45, 7) is 4.55. The van der Waals surface area contributed by atoms with E-state index >= 15 is 0 Å². The van der Waals surface area contributed by atoms with Gasteiger partial charge in [-0.2, -0.15) is 0 Å². The zero-order valence-corrected chi connectivity index (χ0v) is 19.2. The number of ether oxygens (including phenoxy) is 2. The van der Waals surface area contributed by atoms with E-state index in [0.717, 1.165) is 28.2 Å². The van der Waals surface area contributed by atoms with Gasteiger partial charge < -0.3 is 19.4 Å². The zero-order chi connectivity index (χ0) is 23.7. The molecule has 0 aliphatic rings.